The van der Waals surface area contributed by atoms with E-state index in [0.717, 1.165) is 43.3 Å². The molecule has 0 spiro atoms. The summed E-state index contributed by atoms with van der Waals surface area (Å²) in [4.78, 5) is 25.8. The zero-order chi connectivity index (χ0) is 19.5. The van der Waals surface area contributed by atoms with Gasteiger partial charge >= 0.3 is 0 Å². The standard InChI is InChI=1S/C21H20F2N4O/c22-17-8-14(9-18(23)10-17)13-27-6-3-15(4-7-27)19-11-20(28)26-21(25-19)16-2-1-5-24-12-16/h1-2,5,8-12,15H,3-4,6-7,13H2,(H,25,26,28). The maximum atomic E-state index is 13.4. The zero-order valence-corrected chi connectivity index (χ0v) is 15.2. The first-order valence-corrected chi connectivity index (χ1v) is 9.26. The summed E-state index contributed by atoms with van der Waals surface area (Å²) >= 11 is 0. The molecule has 1 saturated heterocycles. The van der Waals surface area contributed by atoms with E-state index in [4.69, 9.17) is 0 Å². The minimum absolute atomic E-state index is 0.179. The Morgan fingerprint density at radius 1 is 1.11 bits per heavy atom. The summed E-state index contributed by atoms with van der Waals surface area (Å²) in [7, 11) is 0. The number of nitrogens with zero attached hydrogens (tertiary/aromatic N) is 3. The van der Waals surface area contributed by atoms with Gasteiger partial charge in [0.15, 0.2) is 0 Å². The summed E-state index contributed by atoms with van der Waals surface area (Å²) in [5.74, 6) is -0.410. The quantitative estimate of drug-likeness (QED) is 0.750. The molecule has 1 aliphatic heterocycles. The molecule has 4 rings (SSSR count). The van der Waals surface area contributed by atoms with Crippen LogP contribution < -0.4 is 5.56 Å². The van der Waals surface area contributed by atoms with E-state index in [1.807, 2.05) is 6.07 Å². The molecule has 3 heterocycles. The van der Waals surface area contributed by atoms with Gasteiger partial charge in [-0.15, -0.1) is 0 Å². The van der Waals surface area contributed by atoms with E-state index in [9.17, 15) is 13.6 Å². The molecule has 0 aliphatic carbocycles. The molecule has 1 aliphatic rings. The smallest absolute Gasteiger partial charge is 0.251 e. The highest BCUT2D eigenvalue weighted by atomic mass is 19.1. The summed E-state index contributed by atoms with van der Waals surface area (Å²) in [5, 5.41) is 0. The lowest BCUT2D eigenvalue weighted by atomic mass is 9.93. The summed E-state index contributed by atoms with van der Waals surface area (Å²) in [5.41, 5.74) is 2.00. The Kier molecular flexibility index (Phi) is 5.25. The van der Waals surface area contributed by atoms with Crippen LogP contribution in [-0.4, -0.2) is 32.9 Å². The first-order valence-electron chi connectivity index (χ1n) is 9.26. The molecule has 1 N–H and O–H groups in total. The average molecular weight is 382 g/mol. The monoisotopic (exact) mass is 382 g/mol. The average Bonchev–Trinajstić information content (AvgIpc) is 2.68. The van der Waals surface area contributed by atoms with E-state index < -0.39 is 11.6 Å². The largest absolute Gasteiger partial charge is 0.306 e. The first kappa shape index (κ1) is 18.4. The van der Waals surface area contributed by atoms with Crippen LogP contribution in [0.3, 0.4) is 0 Å². The van der Waals surface area contributed by atoms with Gasteiger partial charge < -0.3 is 4.98 Å². The lowest BCUT2D eigenvalue weighted by Crippen LogP contribution is -2.33. The van der Waals surface area contributed by atoms with Crippen LogP contribution in [0.1, 0.15) is 30.0 Å². The number of benzene rings is 1. The van der Waals surface area contributed by atoms with Gasteiger partial charge in [0.25, 0.3) is 5.56 Å². The van der Waals surface area contributed by atoms with Crippen LogP contribution in [0.15, 0.2) is 53.6 Å². The molecule has 5 nitrogen and oxygen atoms in total. The third-order valence-corrected chi connectivity index (χ3v) is 5.03. The SMILES string of the molecule is O=c1cc(C2CCN(Cc3cc(F)cc(F)c3)CC2)nc(-c2cccnc2)[nH]1. The number of likely N-dealkylation sites (tertiary alicyclic amines) is 1. The number of H-pyrrole nitrogens is 1. The number of hydrogen-bond acceptors (Lipinski definition) is 4. The van der Waals surface area contributed by atoms with E-state index in [0.29, 0.717) is 17.9 Å². The fraction of sp³-hybridized carbons (Fsp3) is 0.286. The van der Waals surface area contributed by atoms with E-state index in [1.165, 1.54) is 12.1 Å². The number of piperidine rings is 1. The maximum Gasteiger partial charge on any atom is 0.251 e. The summed E-state index contributed by atoms with van der Waals surface area (Å²) in [6, 6.07) is 8.84. The number of hydrogen-bond donors (Lipinski definition) is 1. The van der Waals surface area contributed by atoms with Gasteiger partial charge in [0.2, 0.25) is 0 Å². The van der Waals surface area contributed by atoms with Crippen LogP contribution in [0.4, 0.5) is 8.78 Å². The molecule has 0 saturated carbocycles. The number of pyridine rings is 1. The Labute approximate surface area is 161 Å². The third kappa shape index (κ3) is 4.31. The van der Waals surface area contributed by atoms with E-state index in [2.05, 4.69) is 19.9 Å². The molecule has 0 radical (unpaired) electrons. The van der Waals surface area contributed by atoms with Gasteiger partial charge in [-0.05, 0) is 55.8 Å². The third-order valence-electron chi connectivity index (χ3n) is 5.03. The van der Waals surface area contributed by atoms with Crippen molar-refractivity contribution in [3.05, 3.63) is 82.0 Å². The number of aromatic nitrogens is 3. The minimum atomic E-state index is -0.555. The Bertz CT molecular complexity index is 994. The zero-order valence-electron chi connectivity index (χ0n) is 15.2. The van der Waals surface area contributed by atoms with Crippen molar-refractivity contribution in [3.8, 4) is 11.4 Å². The van der Waals surface area contributed by atoms with Gasteiger partial charge in [-0.25, -0.2) is 13.8 Å². The highest BCUT2D eigenvalue weighted by molar-refractivity contribution is 5.52. The second kappa shape index (κ2) is 7.98. The van der Waals surface area contributed by atoms with Crippen molar-refractivity contribution in [2.45, 2.75) is 25.3 Å². The molecule has 0 atom stereocenters. The van der Waals surface area contributed by atoms with Gasteiger partial charge in [-0.3, -0.25) is 14.7 Å². The van der Waals surface area contributed by atoms with Gasteiger partial charge in [0, 0.05) is 42.6 Å². The molecule has 28 heavy (non-hydrogen) atoms. The van der Waals surface area contributed by atoms with Crippen molar-refractivity contribution in [1.29, 1.82) is 0 Å². The van der Waals surface area contributed by atoms with E-state index in [-0.39, 0.29) is 11.5 Å². The second-order valence-corrected chi connectivity index (χ2v) is 7.09. The van der Waals surface area contributed by atoms with Crippen LogP contribution in [0, 0.1) is 11.6 Å². The Balaban J connectivity index is 1.45. The summed E-state index contributed by atoms with van der Waals surface area (Å²) in [6.07, 6.45) is 5.01. The van der Waals surface area contributed by atoms with Gasteiger partial charge in [-0.2, -0.15) is 0 Å². The van der Waals surface area contributed by atoms with E-state index >= 15 is 0 Å². The summed E-state index contributed by atoms with van der Waals surface area (Å²) in [6.45, 7) is 2.06. The van der Waals surface area contributed by atoms with Crippen molar-refractivity contribution >= 4 is 0 Å². The predicted octanol–water partition coefficient (Wildman–Crippen LogP) is 3.49. The van der Waals surface area contributed by atoms with Crippen LogP contribution in [0.25, 0.3) is 11.4 Å². The number of aromatic amines is 1. The first-order chi connectivity index (χ1) is 13.6. The van der Waals surface area contributed by atoms with Crippen LogP contribution >= 0.6 is 0 Å². The van der Waals surface area contributed by atoms with Crippen LogP contribution in [0.5, 0.6) is 0 Å². The van der Waals surface area contributed by atoms with Gasteiger partial charge in [0.05, 0.1) is 5.69 Å². The predicted molar refractivity (Wildman–Crippen MR) is 102 cm³/mol. The van der Waals surface area contributed by atoms with Gasteiger partial charge in [0.1, 0.15) is 17.5 Å². The molecule has 2 aromatic heterocycles. The van der Waals surface area contributed by atoms with Crippen molar-refractivity contribution in [2.24, 2.45) is 0 Å². The molecular formula is C21H20F2N4O. The highest BCUT2D eigenvalue weighted by Crippen LogP contribution is 2.28. The van der Waals surface area contributed by atoms with Gasteiger partial charge in [-0.1, -0.05) is 0 Å². The highest BCUT2D eigenvalue weighted by Gasteiger charge is 2.23. The van der Waals surface area contributed by atoms with E-state index in [1.54, 1.807) is 24.5 Å². The van der Waals surface area contributed by atoms with Crippen molar-refractivity contribution in [3.63, 3.8) is 0 Å². The Morgan fingerprint density at radius 2 is 1.86 bits per heavy atom. The Hall–Kier alpha value is -2.93. The number of rotatable bonds is 4. The van der Waals surface area contributed by atoms with Crippen molar-refractivity contribution in [2.75, 3.05) is 13.1 Å². The molecule has 3 aromatic rings. The lowest BCUT2D eigenvalue weighted by Gasteiger charge is -2.31. The summed E-state index contributed by atoms with van der Waals surface area (Å²) < 4.78 is 26.8. The molecule has 144 valence electrons. The minimum Gasteiger partial charge on any atom is -0.306 e. The second-order valence-electron chi connectivity index (χ2n) is 7.09. The Morgan fingerprint density at radius 3 is 2.54 bits per heavy atom. The number of halogens is 2. The molecule has 0 unspecified atom stereocenters. The number of nitrogens with one attached hydrogen (secondary N) is 1. The maximum absolute atomic E-state index is 13.4. The molecule has 0 amide bonds. The van der Waals surface area contributed by atoms with Crippen molar-refractivity contribution < 1.29 is 8.78 Å². The molecule has 0 bridgehead atoms. The normalized spacial score (nSPS) is 15.6. The fourth-order valence-electron chi connectivity index (χ4n) is 3.67. The molecular weight excluding hydrogens is 362 g/mol. The van der Waals surface area contributed by atoms with Crippen LogP contribution in [0.2, 0.25) is 0 Å². The lowest BCUT2D eigenvalue weighted by molar-refractivity contribution is 0.203. The fourth-order valence-corrected chi connectivity index (χ4v) is 3.67. The molecule has 1 aromatic carbocycles. The topological polar surface area (TPSA) is 61.9 Å². The van der Waals surface area contributed by atoms with Crippen LogP contribution in [-0.2, 0) is 6.54 Å². The molecule has 1 fully saturated rings. The van der Waals surface area contributed by atoms with Crippen molar-refractivity contribution in [1.82, 2.24) is 19.9 Å². The molecule has 7 heteroatoms.